The first-order valence-corrected chi connectivity index (χ1v) is 4.93. The van der Waals surface area contributed by atoms with Gasteiger partial charge in [0.05, 0.1) is 5.41 Å². The molecule has 0 heterocycles. The Hall–Kier alpha value is -0.680. The summed E-state index contributed by atoms with van der Waals surface area (Å²) in [5.74, 6) is 2.52. The molecule has 0 aliphatic carbocycles. The minimum atomic E-state index is -2.07. The predicted octanol–water partition coefficient (Wildman–Crippen LogP) is 2.52. The van der Waals surface area contributed by atoms with Gasteiger partial charge in [-0.3, -0.25) is 0 Å². The first kappa shape index (κ1) is 12.3. The monoisotopic (exact) mass is 201 g/mol. The van der Waals surface area contributed by atoms with E-state index in [1.54, 1.807) is 0 Å². The molecular formula is C9H14O3P+. The van der Waals surface area contributed by atoms with Crippen LogP contribution in [0.2, 0.25) is 0 Å². The molecule has 0 aromatic rings. The molecule has 4 heteroatoms. The summed E-state index contributed by atoms with van der Waals surface area (Å²) >= 11 is 0. The van der Waals surface area contributed by atoms with Crippen molar-refractivity contribution in [1.29, 1.82) is 0 Å². The molecule has 0 amide bonds. The molecule has 0 saturated heterocycles. The predicted molar refractivity (Wildman–Crippen MR) is 52.3 cm³/mol. The van der Waals surface area contributed by atoms with Gasteiger partial charge < -0.3 is 0 Å². The fraction of sp³-hybridized carbons (Fsp3) is 0.556. The zero-order chi connectivity index (χ0) is 10.3. The zero-order valence-electron chi connectivity index (χ0n) is 7.95. The molecule has 0 aromatic heterocycles. The van der Waals surface area contributed by atoms with E-state index in [4.69, 9.17) is 15.5 Å². The second-order valence-corrected chi connectivity index (χ2v) is 4.07. The van der Waals surface area contributed by atoms with Crippen molar-refractivity contribution < 1.29 is 13.6 Å². The van der Waals surface area contributed by atoms with E-state index in [2.05, 4.69) is 12.5 Å². The van der Waals surface area contributed by atoms with Gasteiger partial charge >= 0.3 is 8.25 Å². The average Bonchev–Trinajstić information content (AvgIpc) is 2.11. The van der Waals surface area contributed by atoms with Gasteiger partial charge in [-0.2, -0.15) is 0 Å². The highest BCUT2D eigenvalue weighted by atomic mass is 31.1. The van der Waals surface area contributed by atoms with Gasteiger partial charge in [0.2, 0.25) is 0 Å². The maximum Gasteiger partial charge on any atom is 0.697 e. The molecule has 72 valence electrons. The third kappa shape index (κ3) is 6.48. The molecule has 0 aromatic carbocycles. The molecule has 0 radical (unpaired) electrons. The van der Waals surface area contributed by atoms with Crippen molar-refractivity contribution in [2.75, 3.05) is 13.2 Å². The Labute approximate surface area is 80.1 Å². The second-order valence-electron chi connectivity index (χ2n) is 3.11. The average molecular weight is 201 g/mol. The Bertz CT molecular complexity index is 228. The summed E-state index contributed by atoms with van der Waals surface area (Å²) in [6.45, 7) is 7.49. The van der Waals surface area contributed by atoms with E-state index in [1.807, 2.05) is 13.8 Å². The van der Waals surface area contributed by atoms with Crippen molar-refractivity contribution in [2.24, 2.45) is 5.41 Å². The number of hydrogen-bond donors (Lipinski definition) is 0. The van der Waals surface area contributed by atoms with Crippen LogP contribution in [-0.2, 0) is 13.6 Å². The minimum Gasteiger partial charge on any atom is -0.119 e. The molecule has 1 unspecified atom stereocenters. The highest BCUT2D eigenvalue weighted by molar-refractivity contribution is 7.33. The fourth-order valence-corrected chi connectivity index (χ4v) is 1.14. The van der Waals surface area contributed by atoms with Gasteiger partial charge in [0.1, 0.15) is 13.2 Å². The molecule has 0 bridgehead atoms. The highest BCUT2D eigenvalue weighted by Crippen LogP contribution is 2.27. The van der Waals surface area contributed by atoms with Crippen molar-refractivity contribution in [3.63, 3.8) is 0 Å². The van der Waals surface area contributed by atoms with Crippen LogP contribution in [0.4, 0.5) is 0 Å². The summed E-state index contributed by atoms with van der Waals surface area (Å²) in [7, 11) is -2.07. The van der Waals surface area contributed by atoms with E-state index in [0.29, 0.717) is 0 Å². The van der Waals surface area contributed by atoms with Gasteiger partial charge in [-0.15, -0.1) is 22.0 Å². The lowest BCUT2D eigenvalue weighted by Gasteiger charge is -2.11. The van der Waals surface area contributed by atoms with Gasteiger partial charge in [0, 0.05) is 4.57 Å². The first-order valence-electron chi connectivity index (χ1n) is 3.83. The summed E-state index contributed by atoms with van der Waals surface area (Å²) in [6.07, 6.45) is 6.71. The van der Waals surface area contributed by atoms with Gasteiger partial charge in [-0.25, -0.2) is 0 Å². The van der Waals surface area contributed by atoms with Gasteiger partial charge in [0.15, 0.2) is 0 Å². The Morgan fingerprint density at radius 2 is 2.23 bits per heavy atom. The molecule has 0 spiro atoms. The van der Waals surface area contributed by atoms with Crippen molar-refractivity contribution in [3.05, 3.63) is 12.7 Å². The van der Waals surface area contributed by atoms with Gasteiger partial charge in [0.25, 0.3) is 0 Å². The summed E-state index contributed by atoms with van der Waals surface area (Å²) in [5.41, 5.74) is -0.414. The van der Waals surface area contributed by atoms with Crippen LogP contribution in [0.3, 0.4) is 0 Å². The molecule has 0 rings (SSSR count). The highest BCUT2D eigenvalue weighted by Gasteiger charge is 2.25. The standard InChI is InChI=1S/C9H14O3P/c1-5-7-11-13(10)12-8-9(3,4)6-2/h2,5H,1,7-8H2,3-4H3/q+1. The lowest BCUT2D eigenvalue weighted by molar-refractivity contribution is 0.193. The van der Waals surface area contributed by atoms with E-state index in [9.17, 15) is 4.57 Å². The molecule has 0 aliphatic heterocycles. The Kier molecular flexibility index (Phi) is 5.57. The van der Waals surface area contributed by atoms with Crippen LogP contribution in [0.1, 0.15) is 13.8 Å². The molecular weight excluding hydrogens is 187 g/mol. The smallest absolute Gasteiger partial charge is 0.119 e. The number of hydrogen-bond acceptors (Lipinski definition) is 3. The maximum absolute atomic E-state index is 11.0. The number of terminal acetylenes is 1. The van der Waals surface area contributed by atoms with Gasteiger partial charge in [-0.05, 0) is 13.8 Å². The second kappa shape index (κ2) is 5.88. The lowest BCUT2D eigenvalue weighted by atomic mass is 9.97. The Morgan fingerprint density at radius 1 is 1.62 bits per heavy atom. The summed E-state index contributed by atoms with van der Waals surface area (Å²) in [6, 6.07) is 0. The lowest BCUT2D eigenvalue weighted by Crippen LogP contribution is -2.14. The van der Waals surface area contributed by atoms with Crippen molar-refractivity contribution in [1.82, 2.24) is 0 Å². The van der Waals surface area contributed by atoms with Crippen molar-refractivity contribution >= 4 is 8.25 Å². The SMILES string of the molecule is C#CC(C)(C)CO[P+](=O)OCC=C. The number of rotatable bonds is 6. The zero-order valence-corrected chi connectivity index (χ0v) is 8.84. The maximum atomic E-state index is 11.0. The third-order valence-electron chi connectivity index (χ3n) is 1.22. The van der Waals surface area contributed by atoms with Crippen LogP contribution in [0.5, 0.6) is 0 Å². The quantitative estimate of drug-likeness (QED) is 0.376. The molecule has 1 atom stereocenters. The van der Waals surface area contributed by atoms with Crippen molar-refractivity contribution in [2.45, 2.75) is 13.8 Å². The van der Waals surface area contributed by atoms with E-state index in [1.165, 1.54) is 6.08 Å². The van der Waals surface area contributed by atoms with Crippen LogP contribution in [0, 0.1) is 17.8 Å². The normalized spacial score (nSPS) is 11.9. The Morgan fingerprint density at radius 3 is 2.69 bits per heavy atom. The van der Waals surface area contributed by atoms with Crippen LogP contribution >= 0.6 is 8.25 Å². The summed E-state index contributed by atoms with van der Waals surface area (Å²) < 4.78 is 20.6. The molecule has 0 fully saturated rings. The van der Waals surface area contributed by atoms with Gasteiger partial charge in [-0.1, -0.05) is 12.0 Å². The molecule has 0 saturated carbocycles. The minimum absolute atomic E-state index is 0.214. The largest absolute Gasteiger partial charge is 0.697 e. The van der Waals surface area contributed by atoms with Crippen LogP contribution in [0.25, 0.3) is 0 Å². The Balaban J connectivity index is 3.71. The van der Waals surface area contributed by atoms with Crippen LogP contribution in [0.15, 0.2) is 12.7 Å². The van der Waals surface area contributed by atoms with E-state index < -0.39 is 13.7 Å². The third-order valence-corrected chi connectivity index (χ3v) is 1.92. The fourth-order valence-electron chi connectivity index (χ4n) is 0.407. The van der Waals surface area contributed by atoms with E-state index in [-0.39, 0.29) is 13.2 Å². The molecule has 13 heavy (non-hydrogen) atoms. The topological polar surface area (TPSA) is 35.5 Å². The van der Waals surface area contributed by atoms with Crippen molar-refractivity contribution in [3.8, 4) is 12.3 Å². The molecule has 0 N–H and O–H groups in total. The van der Waals surface area contributed by atoms with E-state index >= 15 is 0 Å². The first-order chi connectivity index (χ1) is 6.02. The van der Waals surface area contributed by atoms with E-state index in [0.717, 1.165) is 0 Å². The molecule has 0 aliphatic rings. The van der Waals surface area contributed by atoms with Crippen LogP contribution in [-0.4, -0.2) is 13.2 Å². The molecule has 3 nitrogen and oxygen atoms in total. The summed E-state index contributed by atoms with van der Waals surface area (Å²) in [4.78, 5) is 0. The van der Waals surface area contributed by atoms with Crippen LogP contribution < -0.4 is 0 Å². The summed E-state index contributed by atoms with van der Waals surface area (Å²) in [5, 5.41) is 0.